The van der Waals surface area contributed by atoms with Gasteiger partial charge in [0.25, 0.3) is 0 Å². The molecule has 1 unspecified atom stereocenters. The molecule has 1 atom stereocenters. The highest BCUT2D eigenvalue weighted by Gasteiger charge is 2.41. The number of urea groups is 1. The summed E-state index contributed by atoms with van der Waals surface area (Å²) in [6, 6.07) is 13.9. The van der Waals surface area contributed by atoms with E-state index in [1.54, 1.807) is 6.07 Å². The number of anilines is 1. The van der Waals surface area contributed by atoms with Gasteiger partial charge in [0, 0.05) is 30.2 Å². The molecule has 5 rings (SSSR count). The second kappa shape index (κ2) is 11.3. The molecule has 1 aromatic heterocycles. The minimum atomic E-state index is -5.04. The molecule has 2 fully saturated rings. The van der Waals surface area contributed by atoms with Gasteiger partial charge in [-0.25, -0.2) is 4.79 Å². The topological polar surface area (TPSA) is 89.1 Å². The summed E-state index contributed by atoms with van der Waals surface area (Å²) in [5, 5.41) is 11.6. The number of aromatic nitrogens is 1. The van der Waals surface area contributed by atoms with Gasteiger partial charge in [-0.15, -0.1) is 13.2 Å². The Hall–Kier alpha value is -3.57. The van der Waals surface area contributed by atoms with E-state index in [0.29, 0.717) is 31.8 Å². The van der Waals surface area contributed by atoms with Crippen LogP contribution in [0.2, 0.25) is 0 Å². The fraction of sp³-hybridized carbons (Fsp3) is 0.429. The number of H-pyrrole nitrogens is 1. The maximum Gasteiger partial charge on any atom is 0.544 e. The summed E-state index contributed by atoms with van der Waals surface area (Å²) in [7, 11) is 0. The van der Waals surface area contributed by atoms with Crippen LogP contribution in [0.4, 0.5) is 23.7 Å². The number of alkyl halides is 3. The molecular formula is C28H31F3N4O4. The van der Waals surface area contributed by atoms with Gasteiger partial charge in [0.05, 0.1) is 5.69 Å². The van der Waals surface area contributed by atoms with Gasteiger partial charge < -0.3 is 15.0 Å². The van der Waals surface area contributed by atoms with Crippen molar-refractivity contribution in [2.45, 2.75) is 44.0 Å². The quantitative estimate of drug-likeness (QED) is 0.395. The highest BCUT2D eigenvalue weighted by Crippen LogP contribution is 2.36. The number of hydrogen-bond acceptors (Lipinski definition) is 4. The first-order valence-electron chi connectivity index (χ1n) is 13.1. The van der Waals surface area contributed by atoms with Gasteiger partial charge in [0.15, 0.2) is 0 Å². The number of piperidine rings is 2. The molecule has 0 bridgehead atoms. The number of halogens is 3. The normalized spacial score (nSPS) is 18.8. The molecule has 2 aliphatic heterocycles. The van der Waals surface area contributed by atoms with E-state index in [0.717, 1.165) is 18.4 Å². The van der Waals surface area contributed by atoms with Crippen molar-refractivity contribution in [2.75, 3.05) is 31.2 Å². The highest BCUT2D eigenvalue weighted by molar-refractivity contribution is 5.90. The number of carboxylic acid groups (broad SMARTS) is 1. The smallest absolute Gasteiger partial charge is 0.480 e. The van der Waals surface area contributed by atoms with E-state index in [-0.39, 0.29) is 29.8 Å². The Kier molecular flexibility index (Phi) is 7.81. The zero-order valence-corrected chi connectivity index (χ0v) is 21.3. The Morgan fingerprint density at radius 3 is 2.23 bits per heavy atom. The van der Waals surface area contributed by atoms with Gasteiger partial charge >= 0.3 is 18.4 Å². The Balaban J connectivity index is 1.21. The van der Waals surface area contributed by atoms with Gasteiger partial charge in [0.1, 0.15) is 6.04 Å². The number of fused-ring (bicyclic) bond motifs is 1. The van der Waals surface area contributed by atoms with Crippen molar-refractivity contribution < 1.29 is 32.7 Å². The third-order valence-electron chi connectivity index (χ3n) is 7.85. The number of likely N-dealkylation sites (tertiary alicyclic amines) is 2. The van der Waals surface area contributed by atoms with Gasteiger partial charge in [-0.05, 0) is 74.4 Å². The monoisotopic (exact) mass is 544 g/mol. The van der Waals surface area contributed by atoms with E-state index < -0.39 is 24.4 Å². The van der Waals surface area contributed by atoms with Crippen LogP contribution in [0.25, 0.3) is 10.9 Å². The van der Waals surface area contributed by atoms with Crippen molar-refractivity contribution in [3.63, 3.8) is 0 Å². The minimum absolute atomic E-state index is 0.0385. The molecule has 0 saturated carbocycles. The van der Waals surface area contributed by atoms with Crippen LogP contribution in [0, 0.1) is 5.92 Å². The molecule has 11 heteroatoms. The number of nitrogens with zero attached hydrogens (tertiary/aromatic N) is 3. The summed E-state index contributed by atoms with van der Waals surface area (Å²) in [5.74, 6) is -0.787. The Bertz CT molecular complexity index is 1280. The molecule has 2 amide bonds. The zero-order chi connectivity index (χ0) is 27.6. The largest absolute Gasteiger partial charge is 0.544 e. The number of aliphatic carboxylic acids is 1. The summed E-state index contributed by atoms with van der Waals surface area (Å²) in [6.45, 7) is 1.57. The van der Waals surface area contributed by atoms with Gasteiger partial charge in [0.2, 0.25) is 0 Å². The number of benzene rings is 2. The lowest BCUT2D eigenvalue weighted by atomic mass is 9.84. The van der Waals surface area contributed by atoms with Crippen molar-refractivity contribution in [2.24, 2.45) is 5.92 Å². The highest BCUT2D eigenvalue weighted by atomic mass is 19.4. The first kappa shape index (κ1) is 27.0. The molecule has 3 heterocycles. The number of hydroxylamine groups is 1. The second-order valence-electron chi connectivity index (χ2n) is 10.2. The summed E-state index contributed by atoms with van der Waals surface area (Å²) in [5.41, 5.74) is 2.31. The van der Waals surface area contributed by atoms with E-state index in [1.165, 1.54) is 40.1 Å². The first-order valence-corrected chi connectivity index (χ1v) is 13.1. The molecule has 208 valence electrons. The molecule has 8 nitrogen and oxygen atoms in total. The van der Waals surface area contributed by atoms with Crippen LogP contribution in [0.3, 0.4) is 0 Å². The van der Waals surface area contributed by atoms with Crippen molar-refractivity contribution in [3.05, 3.63) is 66.4 Å². The molecule has 2 aliphatic rings. The zero-order valence-electron chi connectivity index (χ0n) is 21.3. The lowest BCUT2D eigenvalue weighted by Crippen LogP contribution is -2.54. The van der Waals surface area contributed by atoms with Crippen molar-refractivity contribution in [3.8, 4) is 0 Å². The lowest BCUT2D eigenvalue weighted by molar-refractivity contribution is -0.325. The third kappa shape index (κ3) is 6.04. The van der Waals surface area contributed by atoms with Crippen molar-refractivity contribution >= 4 is 28.6 Å². The number of carbonyl (C=O) groups is 2. The number of amides is 2. The van der Waals surface area contributed by atoms with E-state index in [9.17, 15) is 27.9 Å². The minimum Gasteiger partial charge on any atom is -0.480 e. The lowest BCUT2D eigenvalue weighted by Gasteiger charge is -2.42. The number of aromatic amines is 1. The average molecular weight is 545 g/mol. The number of carbonyl (C=O) groups excluding carboxylic acids is 1. The predicted octanol–water partition coefficient (Wildman–Crippen LogP) is 5.59. The molecule has 2 aromatic carbocycles. The maximum absolute atomic E-state index is 13.1. The van der Waals surface area contributed by atoms with Crippen LogP contribution in [-0.4, -0.2) is 70.5 Å². The Morgan fingerprint density at radius 1 is 0.949 bits per heavy atom. The first-order chi connectivity index (χ1) is 18.7. The molecule has 2 N–H and O–H groups in total. The van der Waals surface area contributed by atoms with Crippen LogP contribution in [0.1, 0.15) is 37.2 Å². The van der Waals surface area contributed by atoms with Crippen molar-refractivity contribution in [1.29, 1.82) is 0 Å². The SMILES string of the molecule is O=C(O)C(C1CCN(C(=O)N(OC(F)(F)F)c2ccccc2)CC1)N1CCC(c2c[nH]c3ccccc23)CC1. The fourth-order valence-electron chi connectivity index (χ4n) is 5.98. The predicted molar refractivity (Wildman–Crippen MR) is 139 cm³/mol. The average Bonchev–Trinajstić information content (AvgIpc) is 3.36. The van der Waals surface area contributed by atoms with E-state index in [2.05, 4.69) is 15.9 Å². The Morgan fingerprint density at radius 2 is 1.59 bits per heavy atom. The van der Waals surface area contributed by atoms with Crippen LogP contribution < -0.4 is 5.06 Å². The van der Waals surface area contributed by atoms with E-state index in [4.69, 9.17) is 0 Å². The molecule has 0 radical (unpaired) electrons. The van der Waals surface area contributed by atoms with Crippen molar-refractivity contribution in [1.82, 2.24) is 14.8 Å². The van der Waals surface area contributed by atoms with Crippen LogP contribution in [0.5, 0.6) is 0 Å². The van der Waals surface area contributed by atoms with E-state index >= 15 is 0 Å². The van der Waals surface area contributed by atoms with E-state index in [1.807, 2.05) is 29.3 Å². The van der Waals surface area contributed by atoms with Crippen LogP contribution >= 0.6 is 0 Å². The molecular weight excluding hydrogens is 513 g/mol. The molecule has 0 aliphatic carbocycles. The second-order valence-corrected chi connectivity index (χ2v) is 10.2. The van der Waals surface area contributed by atoms with Crippen LogP contribution in [-0.2, 0) is 9.63 Å². The summed E-state index contributed by atoms with van der Waals surface area (Å²) < 4.78 is 39.2. The number of rotatable bonds is 6. The third-order valence-corrected chi connectivity index (χ3v) is 7.85. The number of carboxylic acids is 1. The number of nitrogens with one attached hydrogen (secondary N) is 1. The van der Waals surface area contributed by atoms with Crippen LogP contribution in [0.15, 0.2) is 60.8 Å². The number of para-hydroxylation sites is 2. The summed E-state index contributed by atoms with van der Waals surface area (Å²) in [4.78, 5) is 36.1. The summed E-state index contributed by atoms with van der Waals surface area (Å²) in [6.07, 6.45) is -0.572. The number of hydrogen-bond donors (Lipinski definition) is 2. The fourth-order valence-corrected chi connectivity index (χ4v) is 5.98. The maximum atomic E-state index is 13.1. The van der Waals surface area contributed by atoms with Gasteiger partial charge in [-0.3, -0.25) is 9.69 Å². The van der Waals surface area contributed by atoms with Gasteiger partial charge in [-0.1, -0.05) is 36.4 Å². The van der Waals surface area contributed by atoms with Gasteiger partial charge in [-0.2, -0.15) is 9.90 Å². The molecule has 3 aromatic rings. The Labute approximate surface area is 223 Å². The standard InChI is InChI=1S/C28H31F3N4O4/c29-28(30,31)39-35(21-6-2-1-3-7-21)27(38)34-16-12-20(13-17-34)25(26(36)37)33-14-10-19(11-15-33)23-18-32-24-9-5-4-8-22(23)24/h1-9,18-20,25,32H,10-17H2,(H,36,37). The summed E-state index contributed by atoms with van der Waals surface area (Å²) >= 11 is 0. The molecule has 39 heavy (non-hydrogen) atoms. The molecule has 2 saturated heterocycles. The molecule has 0 spiro atoms.